The number of nitriles is 3. The zero-order valence-electron chi connectivity index (χ0n) is 82.5. The zero-order valence-corrected chi connectivity index (χ0v) is 82.5. The fourth-order valence-corrected chi connectivity index (χ4v) is 18.2. The first-order valence-corrected chi connectivity index (χ1v) is 49.6. The molecule has 7 aliphatic carbocycles. The van der Waals surface area contributed by atoms with Crippen molar-refractivity contribution < 1.29 is 70.7 Å². The molecule has 0 radical (unpaired) electrons. The van der Waals surface area contributed by atoms with Gasteiger partial charge in [-0.3, -0.25) is 33.4 Å². The van der Waals surface area contributed by atoms with Gasteiger partial charge in [-0.2, -0.15) is 65.6 Å². The Balaban J connectivity index is 0.000000140. The number of nitrogens with zero attached hydrogens (tertiary/aromatic N) is 24. The molecule has 147 heavy (non-hydrogen) atoms. The molecule has 7 atom stereocenters. The third kappa shape index (κ3) is 27.7. The molecule has 49 heteroatoms. The highest BCUT2D eigenvalue weighted by molar-refractivity contribution is 5.97. The van der Waals surface area contributed by atoms with Crippen molar-refractivity contribution in [3.63, 3.8) is 0 Å². The van der Waals surface area contributed by atoms with Crippen molar-refractivity contribution in [2.45, 2.75) is 165 Å². The van der Waals surface area contributed by atoms with Gasteiger partial charge >= 0.3 is 24.0 Å². The average molecular weight is 2020 g/mol. The summed E-state index contributed by atoms with van der Waals surface area (Å²) in [4.78, 5) is 143. The SMILES string of the molecule is CC(F)(F)CNC(=O)c1nc(OC[C@H]2C[C@H]2C#N)nc(N2CCC(c3ccc(N)c(C(N)=O)n3)CC2)n1.CCNC(=O)c1cc(N2CCC(COc3cc(-c4cn(C)nn4)cnc3N)CC2)nc(O[C@H](C)COC)n1.N#C[C@@H]1C[C@@H]1COc1nc(C(=O)NC23CC(C2)C3)cc(N2CCC(COc3cccnc3N)CC2)n1.N#C[C@@H]1C[C@@H]1COc1nc(C(=O)NC2CCC2)nc(N2CCC(c3ccc(N)c(C(N)=O)n3)CC2)n1. The lowest BCUT2D eigenvalue weighted by Crippen LogP contribution is -2.68. The number of hydrogen-bond acceptors (Lipinski definition) is 40. The Morgan fingerprint density at radius 3 is 1.48 bits per heavy atom. The van der Waals surface area contributed by atoms with Gasteiger partial charge in [0.05, 0.1) is 99.7 Å². The molecule has 13 heterocycles. The maximum absolute atomic E-state index is 13.2. The van der Waals surface area contributed by atoms with E-state index in [0.717, 1.165) is 133 Å². The van der Waals surface area contributed by atoms with Gasteiger partial charge in [-0.1, -0.05) is 5.21 Å². The lowest BCUT2D eigenvalue weighted by Gasteiger charge is -2.61. The molecule has 2 bridgehead atoms. The number of piperidine rings is 4. The number of anilines is 8. The van der Waals surface area contributed by atoms with Gasteiger partial charge in [-0.15, -0.1) is 5.10 Å². The van der Waals surface area contributed by atoms with Crippen LogP contribution in [0.5, 0.6) is 35.5 Å². The fourth-order valence-electron chi connectivity index (χ4n) is 18.2. The van der Waals surface area contributed by atoms with E-state index in [1.807, 2.05) is 61.2 Å². The van der Waals surface area contributed by atoms with Crippen LogP contribution in [0.2, 0.25) is 0 Å². The first-order chi connectivity index (χ1) is 70.8. The number of amides is 6. The predicted molar refractivity (Wildman–Crippen MR) is 528 cm³/mol. The molecule has 4 aliphatic heterocycles. The van der Waals surface area contributed by atoms with Crippen molar-refractivity contribution in [1.29, 1.82) is 15.8 Å². The van der Waals surface area contributed by atoms with Crippen LogP contribution in [0, 0.1) is 87.3 Å². The number of carbonyl (C=O) groups is 6. The van der Waals surface area contributed by atoms with Crippen LogP contribution in [0.1, 0.15) is 216 Å². The number of primary amides is 2. The molecule has 9 aromatic rings. The predicted octanol–water partition coefficient (Wildman–Crippen LogP) is 6.69. The maximum Gasteiger partial charge on any atom is 0.321 e. The highest BCUT2D eigenvalue weighted by Gasteiger charge is 2.57. The number of halogens is 2. The molecule has 0 aromatic carbocycles. The minimum atomic E-state index is -3.10. The summed E-state index contributed by atoms with van der Waals surface area (Å²) in [5.41, 5.74) is 38.4. The summed E-state index contributed by atoms with van der Waals surface area (Å²) >= 11 is 0. The molecule has 11 fully saturated rings. The van der Waals surface area contributed by atoms with Crippen molar-refractivity contribution in [2.24, 2.45) is 71.8 Å². The molecular weight excluding hydrogens is 1900 g/mol. The van der Waals surface area contributed by atoms with Crippen LogP contribution in [0.3, 0.4) is 0 Å². The number of nitrogens with two attached hydrogens (primary N) is 6. The number of rotatable bonds is 37. The summed E-state index contributed by atoms with van der Waals surface area (Å²) < 4.78 is 68.3. The lowest BCUT2D eigenvalue weighted by molar-refractivity contribution is -0.0440. The van der Waals surface area contributed by atoms with Gasteiger partial charge in [0, 0.05) is 163 Å². The molecule has 7 saturated carbocycles. The number of aromatic nitrogens is 17. The first kappa shape index (κ1) is 104. The third-order valence-electron chi connectivity index (χ3n) is 27.6. The van der Waals surface area contributed by atoms with E-state index in [0.29, 0.717) is 162 Å². The Hall–Kier alpha value is -15.8. The molecule has 0 unspecified atom stereocenters. The van der Waals surface area contributed by atoms with E-state index in [9.17, 15) is 37.5 Å². The third-order valence-corrected chi connectivity index (χ3v) is 27.6. The summed E-state index contributed by atoms with van der Waals surface area (Å²) in [6, 6.07) is 23.0. The van der Waals surface area contributed by atoms with Gasteiger partial charge in [0.2, 0.25) is 23.5 Å². The molecule has 0 spiro atoms. The van der Waals surface area contributed by atoms with Crippen molar-refractivity contribution in [1.82, 2.24) is 106 Å². The van der Waals surface area contributed by atoms with E-state index in [4.69, 9.17) is 83.3 Å². The molecule has 20 rings (SSSR count). The number of nitrogen functional groups attached to an aromatic ring is 4. The van der Waals surface area contributed by atoms with E-state index in [1.165, 1.54) is 0 Å². The second-order valence-corrected chi connectivity index (χ2v) is 39.1. The number of ether oxygens (including phenoxy) is 7. The molecule has 11 aliphatic rings. The summed E-state index contributed by atoms with van der Waals surface area (Å²) in [6.45, 7) is 11.7. The molecule has 9 aromatic heterocycles. The van der Waals surface area contributed by atoms with E-state index in [-0.39, 0.29) is 159 Å². The van der Waals surface area contributed by atoms with Crippen LogP contribution in [0.25, 0.3) is 11.3 Å². The minimum Gasteiger partial charge on any atom is -0.489 e. The van der Waals surface area contributed by atoms with Gasteiger partial charge in [-0.05, 0) is 183 Å². The van der Waals surface area contributed by atoms with Crippen LogP contribution in [-0.4, -0.2) is 256 Å². The summed E-state index contributed by atoms with van der Waals surface area (Å²) in [7, 11) is 3.41. The van der Waals surface area contributed by atoms with Gasteiger partial charge < -0.3 is 108 Å². The Morgan fingerprint density at radius 2 is 1.03 bits per heavy atom. The fraction of sp³-hybridized carbons (Fsp3) is 0.541. The van der Waals surface area contributed by atoms with Crippen LogP contribution in [-0.2, 0) is 11.8 Å². The Bertz CT molecular complexity index is 6330. The van der Waals surface area contributed by atoms with Crippen molar-refractivity contribution in [3.05, 3.63) is 119 Å². The van der Waals surface area contributed by atoms with Gasteiger partial charge in [0.1, 0.15) is 34.8 Å². The van der Waals surface area contributed by atoms with E-state index in [1.54, 1.807) is 54.5 Å². The Labute approximate surface area is 846 Å². The average Bonchev–Trinajstić information content (AvgIpc) is 1.44. The van der Waals surface area contributed by atoms with Crippen LogP contribution >= 0.6 is 0 Å². The number of alkyl halides is 2. The second-order valence-electron chi connectivity index (χ2n) is 39.1. The number of aryl methyl sites for hydroxylation is 1. The molecule has 47 nitrogen and oxygen atoms in total. The zero-order chi connectivity index (χ0) is 104. The normalized spacial score (nSPS) is 21.0. The van der Waals surface area contributed by atoms with Crippen LogP contribution in [0.4, 0.5) is 55.3 Å². The smallest absolute Gasteiger partial charge is 0.321 e. The van der Waals surface area contributed by atoms with Crippen LogP contribution < -0.4 is 104 Å². The van der Waals surface area contributed by atoms with Crippen molar-refractivity contribution in [2.75, 3.05) is 155 Å². The van der Waals surface area contributed by atoms with E-state index in [2.05, 4.69) is 129 Å². The van der Waals surface area contributed by atoms with E-state index >= 15 is 0 Å². The highest BCUT2D eigenvalue weighted by Crippen LogP contribution is 2.57. The highest BCUT2D eigenvalue weighted by atomic mass is 19.3. The van der Waals surface area contributed by atoms with Crippen molar-refractivity contribution in [3.8, 4) is 65.0 Å². The lowest BCUT2D eigenvalue weighted by atomic mass is 9.50. The minimum absolute atomic E-state index is 0.00347. The van der Waals surface area contributed by atoms with Gasteiger partial charge in [-0.25, -0.2) is 28.7 Å². The molecule has 4 saturated heterocycles. The van der Waals surface area contributed by atoms with E-state index < -0.39 is 30.2 Å². The van der Waals surface area contributed by atoms with Crippen molar-refractivity contribution >= 4 is 82.0 Å². The molecule has 6 amide bonds. The Kier molecular flexibility index (Phi) is 33.2. The number of methoxy groups -OCH3 is 1. The Morgan fingerprint density at radius 1 is 0.544 bits per heavy atom. The summed E-state index contributed by atoms with van der Waals surface area (Å²) in [6.07, 6.45) is 19.8. The molecule has 776 valence electrons. The summed E-state index contributed by atoms with van der Waals surface area (Å²) in [5, 5.41) is 46.3. The number of pyridine rings is 4. The first-order valence-electron chi connectivity index (χ1n) is 49.6. The molecular formula is C98H122F2N34O13. The van der Waals surface area contributed by atoms with Gasteiger partial charge in [0.15, 0.2) is 34.5 Å². The monoisotopic (exact) mass is 2020 g/mol. The molecule has 16 N–H and O–H groups in total. The number of nitrogens with one attached hydrogen (secondary N) is 4. The second kappa shape index (κ2) is 46.9. The topological polar surface area (TPSA) is 667 Å². The van der Waals surface area contributed by atoms with Crippen LogP contribution in [0.15, 0.2) is 73.2 Å². The standard InChI is InChI=1S/C26H31N7O3.C25H35N9O4.C24H29N9O3.C23H27F2N9O3/c27-13-18-8-19(18)15-36-25-30-20(24(34)32-26-10-17(11-26)12-26)9-22(31-25)33-6-3-16(4-7-33)14-35-21-2-1-5-29-23(21)28;1-5-27-24(35)19-11-22(30-25(29-19)38-16(2)14-36-4)34-8-6-17(7-9-34)15-37-21-10-18(12-28-23(21)26)20-13-33(3)32-31-20;25-11-14-10-15(14)12-36-24-31-21(22(35)28-16-2-1-3-16)30-23(32-24)33-8-6-13(7-9-33)18-5-4-17(26)19(29-18)20(27)34;1-23(24,25)11-29-20(36)19-31-21(33-22(32-19)37-10-14-8-13(14)9-26)34-6-4-12(5-7-34)16-3-2-15(27)17(30-16)18(28)35/h1-2,5,9,16-19H,3-4,6-8,10-12,14-15H2,(H2,28,29)(H,32,34);10-13,16-17H,5-9,14-15H2,1-4H3,(H2,26,28)(H,27,35);4-5,13-16H,1-3,6-10,12,26H2,(H2,27,34)(H,28,35);2-3,12-14H,4-8,10-11,27H2,1H3,(H2,28,35)(H,29,36)/t17?,18-,19+,26?;16-;14-,15+;13-,14+/m0100/s1. The quantitative estimate of drug-likeness (QED) is 0.0194. The maximum atomic E-state index is 13.2. The number of hydrogen-bond donors (Lipinski definition) is 10. The number of carbonyl (C=O) groups excluding carboxylic acids is 6. The largest absolute Gasteiger partial charge is 0.489 e. The summed E-state index contributed by atoms with van der Waals surface area (Å²) in [5.74, 6) is -0.581. The van der Waals surface area contributed by atoms with Gasteiger partial charge in [0.25, 0.3) is 41.4 Å².